The zero-order valence-electron chi connectivity index (χ0n) is 19.5. The molecule has 1 N–H and O–H groups in total. The normalized spacial score (nSPS) is 17.7. The van der Waals surface area contributed by atoms with E-state index in [9.17, 15) is 9.59 Å². The standard InChI is InChI=1S/C28H27N5O2/c1-31(19-23-18-29-33(20-23)25-15-9-4-10-16-25)21-32-26(34)28(30-27(32)35,24-13-7-3-8-14-24)17-22-11-5-2-6-12-22/h2-16,18,20H,17,19,21H2,1H3,(H,30,35)/t28-/m0/s1. The molecule has 35 heavy (non-hydrogen) atoms. The van der Waals surface area contributed by atoms with Gasteiger partial charge in [-0.05, 0) is 30.3 Å². The molecule has 4 aromatic rings. The highest BCUT2D eigenvalue weighted by Gasteiger charge is 2.52. The minimum Gasteiger partial charge on any atom is -0.319 e. The molecule has 0 radical (unpaired) electrons. The number of rotatable bonds is 8. The van der Waals surface area contributed by atoms with Gasteiger partial charge in [0.05, 0.1) is 18.6 Å². The fourth-order valence-corrected chi connectivity index (χ4v) is 4.56. The molecule has 0 bridgehead atoms. The van der Waals surface area contributed by atoms with E-state index in [0.29, 0.717) is 13.0 Å². The van der Waals surface area contributed by atoms with Crippen molar-refractivity contribution in [1.29, 1.82) is 0 Å². The first-order chi connectivity index (χ1) is 17.0. The number of benzene rings is 3. The van der Waals surface area contributed by atoms with Crippen molar-refractivity contribution in [3.63, 3.8) is 0 Å². The van der Waals surface area contributed by atoms with E-state index in [1.54, 1.807) is 6.20 Å². The molecular formula is C28H27N5O2. The fraction of sp³-hybridized carbons (Fsp3) is 0.179. The molecular weight excluding hydrogens is 438 g/mol. The van der Waals surface area contributed by atoms with E-state index < -0.39 is 5.54 Å². The van der Waals surface area contributed by atoms with E-state index in [1.807, 2.05) is 114 Å². The fourth-order valence-electron chi connectivity index (χ4n) is 4.56. The second-order valence-electron chi connectivity index (χ2n) is 8.88. The SMILES string of the molecule is CN(Cc1cnn(-c2ccccc2)c1)CN1C(=O)N[C@@](Cc2ccccc2)(c2ccccc2)C1=O. The second kappa shape index (κ2) is 9.56. The maximum Gasteiger partial charge on any atom is 0.326 e. The minimum atomic E-state index is -1.14. The van der Waals surface area contributed by atoms with Crippen LogP contribution in [0.15, 0.2) is 103 Å². The third-order valence-corrected chi connectivity index (χ3v) is 6.25. The number of nitrogens with zero attached hydrogens (tertiary/aromatic N) is 4. The number of amides is 3. The summed E-state index contributed by atoms with van der Waals surface area (Å²) in [6, 6.07) is 28.7. The third kappa shape index (κ3) is 4.58. The predicted molar refractivity (Wildman–Crippen MR) is 134 cm³/mol. The van der Waals surface area contributed by atoms with Crippen LogP contribution in [0.5, 0.6) is 0 Å². The summed E-state index contributed by atoms with van der Waals surface area (Å²) < 4.78 is 1.82. The predicted octanol–water partition coefficient (Wildman–Crippen LogP) is 3.95. The monoisotopic (exact) mass is 465 g/mol. The zero-order valence-corrected chi connectivity index (χ0v) is 19.5. The van der Waals surface area contributed by atoms with Crippen molar-refractivity contribution in [2.75, 3.05) is 13.7 Å². The summed E-state index contributed by atoms with van der Waals surface area (Å²) in [5.74, 6) is -0.246. The lowest BCUT2D eigenvalue weighted by atomic mass is 9.83. The van der Waals surface area contributed by atoms with Gasteiger partial charge in [-0.2, -0.15) is 5.10 Å². The minimum absolute atomic E-state index is 0.171. The molecule has 1 saturated heterocycles. The molecule has 1 aliphatic heterocycles. The molecule has 2 heterocycles. The Kier molecular flexibility index (Phi) is 6.16. The molecule has 1 aliphatic rings. The van der Waals surface area contributed by atoms with Crippen molar-refractivity contribution in [3.05, 3.63) is 120 Å². The van der Waals surface area contributed by atoms with Crippen LogP contribution in [0.2, 0.25) is 0 Å². The summed E-state index contributed by atoms with van der Waals surface area (Å²) >= 11 is 0. The summed E-state index contributed by atoms with van der Waals surface area (Å²) in [6.07, 6.45) is 4.15. The van der Waals surface area contributed by atoms with E-state index in [-0.39, 0.29) is 18.6 Å². The molecule has 3 aromatic carbocycles. The van der Waals surface area contributed by atoms with Crippen molar-refractivity contribution in [2.45, 2.75) is 18.5 Å². The third-order valence-electron chi connectivity index (χ3n) is 6.25. The molecule has 7 nitrogen and oxygen atoms in total. The van der Waals surface area contributed by atoms with Gasteiger partial charge in [0, 0.05) is 24.7 Å². The molecule has 0 aliphatic carbocycles. The van der Waals surface area contributed by atoms with Crippen LogP contribution in [-0.2, 0) is 23.3 Å². The number of urea groups is 1. The number of aromatic nitrogens is 2. The van der Waals surface area contributed by atoms with Gasteiger partial charge in [-0.25, -0.2) is 14.4 Å². The Morgan fingerprint density at radius 1 is 0.857 bits per heavy atom. The molecule has 176 valence electrons. The Labute approximate surface area is 204 Å². The molecule has 0 unspecified atom stereocenters. The summed E-state index contributed by atoms with van der Waals surface area (Å²) in [5, 5.41) is 7.46. The van der Waals surface area contributed by atoms with E-state index in [0.717, 1.165) is 22.4 Å². The molecule has 1 aromatic heterocycles. The van der Waals surface area contributed by atoms with E-state index in [1.165, 1.54) is 4.90 Å². The summed E-state index contributed by atoms with van der Waals surface area (Å²) in [4.78, 5) is 30.2. The van der Waals surface area contributed by atoms with Gasteiger partial charge in [-0.3, -0.25) is 9.69 Å². The van der Waals surface area contributed by atoms with Gasteiger partial charge < -0.3 is 5.32 Å². The Balaban J connectivity index is 1.34. The average molecular weight is 466 g/mol. The van der Waals surface area contributed by atoms with Crippen molar-refractivity contribution in [1.82, 2.24) is 24.9 Å². The lowest BCUT2D eigenvalue weighted by molar-refractivity contribution is -0.133. The van der Waals surface area contributed by atoms with Crippen molar-refractivity contribution < 1.29 is 9.59 Å². The zero-order chi connectivity index (χ0) is 24.3. The first-order valence-corrected chi connectivity index (χ1v) is 11.6. The average Bonchev–Trinajstić information content (AvgIpc) is 3.44. The molecule has 5 rings (SSSR count). The van der Waals surface area contributed by atoms with Gasteiger partial charge in [0.15, 0.2) is 5.54 Å². The van der Waals surface area contributed by atoms with Crippen LogP contribution in [0.1, 0.15) is 16.7 Å². The summed E-state index contributed by atoms with van der Waals surface area (Å²) in [5.41, 5.74) is 2.58. The summed E-state index contributed by atoms with van der Waals surface area (Å²) in [7, 11) is 1.89. The van der Waals surface area contributed by atoms with Gasteiger partial charge in [-0.1, -0.05) is 78.9 Å². The topological polar surface area (TPSA) is 70.5 Å². The van der Waals surface area contributed by atoms with Crippen LogP contribution in [-0.4, -0.2) is 45.2 Å². The van der Waals surface area contributed by atoms with Gasteiger partial charge in [0.25, 0.3) is 5.91 Å². The van der Waals surface area contributed by atoms with E-state index >= 15 is 0 Å². The van der Waals surface area contributed by atoms with Crippen LogP contribution >= 0.6 is 0 Å². The maximum atomic E-state index is 13.8. The lowest BCUT2D eigenvalue weighted by Crippen LogP contribution is -2.46. The van der Waals surface area contributed by atoms with Crippen molar-refractivity contribution >= 4 is 11.9 Å². The van der Waals surface area contributed by atoms with Crippen LogP contribution in [0.25, 0.3) is 5.69 Å². The molecule has 1 atom stereocenters. The van der Waals surface area contributed by atoms with Gasteiger partial charge in [0.1, 0.15) is 0 Å². The Bertz CT molecular complexity index is 1310. The Morgan fingerprint density at radius 2 is 1.49 bits per heavy atom. The molecule has 0 saturated carbocycles. The first-order valence-electron chi connectivity index (χ1n) is 11.6. The van der Waals surface area contributed by atoms with Crippen molar-refractivity contribution in [3.8, 4) is 5.69 Å². The molecule has 1 fully saturated rings. The number of nitrogens with one attached hydrogen (secondary N) is 1. The highest BCUT2D eigenvalue weighted by molar-refractivity contribution is 6.07. The molecule has 3 amide bonds. The number of para-hydroxylation sites is 1. The highest BCUT2D eigenvalue weighted by Crippen LogP contribution is 2.33. The van der Waals surface area contributed by atoms with Crippen LogP contribution < -0.4 is 5.32 Å². The number of hydrogen-bond donors (Lipinski definition) is 1. The van der Waals surface area contributed by atoms with Gasteiger partial charge in [-0.15, -0.1) is 0 Å². The van der Waals surface area contributed by atoms with Crippen molar-refractivity contribution in [2.24, 2.45) is 0 Å². The van der Waals surface area contributed by atoms with Crippen LogP contribution in [0, 0.1) is 0 Å². The number of carbonyl (C=O) groups excluding carboxylic acids is 2. The lowest BCUT2D eigenvalue weighted by Gasteiger charge is -2.28. The second-order valence-corrected chi connectivity index (χ2v) is 8.88. The van der Waals surface area contributed by atoms with Crippen LogP contribution in [0.3, 0.4) is 0 Å². The smallest absolute Gasteiger partial charge is 0.319 e. The Hall–Kier alpha value is -4.23. The molecule has 0 spiro atoms. The largest absolute Gasteiger partial charge is 0.326 e. The van der Waals surface area contributed by atoms with E-state index in [4.69, 9.17) is 0 Å². The Morgan fingerprint density at radius 3 is 2.17 bits per heavy atom. The maximum absolute atomic E-state index is 13.8. The molecule has 7 heteroatoms. The number of imide groups is 1. The summed E-state index contributed by atoms with van der Waals surface area (Å²) in [6.45, 7) is 0.714. The van der Waals surface area contributed by atoms with Crippen LogP contribution in [0.4, 0.5) is 4.79 Å². The van der Waals surface area contributed by atoms with E-state index in [2.05, 4.69) is 10.4 Å². The first kappa shape index (κ1) is 22.6. The quantitative estimate of drug-likeness (QED) is 0.400. The van der Waals surface area contributed by atoms with Gasteiger partial charge in [0.2, 0.25) is 0 Å². The van der Waals surface area contributed by atoms with Gasteiger partial charge >= 0.3 is 6.03 Å². The highest BCUT2D eigenvalue weighted by atomic mass is 16.2. The number of carbonyl (C=O) groups is 2. The number of hydrogen-bond acceptors (Lipinski definition) is 4.